The summed E-state index contributed by atoms with van der Waals surface area (Å²) in [6.07, 6.45) is 4.00. The van der Waals surface area contributed by atoms with E-state index in [1.54, 1.807) is 32.9 Å². The van der Waals surface area contributed by atoms with Crippen molar-refractivity contribution in [2.45, 2.75) is 44.6 Å². The van der Waals surface area contributed by atoms with Gasteiger partial charge in [-0.25, -0.2) is 9.48 Å². The van der Waals surface area contributed by atoms with Crippen LogP contribution in [0.25, 0.3) is 0 Å². The highest BCUT2D eigenvalue weighted by Gasteiger charge is 2.31. The van der Waals surface area contributed by atoms with Crippen molar-refractivity contribution < 1.29 is 24.1 Å². The number of hydrogen-bond donors (Lipinski definition) is 1. The summed E-state index contributed by atoms with van der Waals surface area (Å²) in [5.41, 5.74) is -0.201. The predicted octanol–water partition coefficient (Wildman–Crippen LogP) is 2.82. The molecule has 7 heteroatoms. The molecular weight excluding hydrogens is 372 g/mol. The fourth-order valence-corrected chi connectivity index (χ4v) is 2.36. The summed E-state index contributed by atoms with van der Waals surface area (Å²) in [6.45, 7) is 12.2. The van der Waals surface area contributed by atoms with Crippen LogP contribution in [0.3, 0.4) is 0 Å². The van der Waals surface area contributed by atoms with Crippen LogP contribution in [0.15, 0.2) is 55.6 Å². The molecule has 0 aliphatic rings. The average molecular weight is 405 g/mol. The van der Waals surface area contributed by atoms with E-state index >= 15 is 0 Å². The minimum Gasteiger partial charge on any atom is -0.624 e. The van der Waals surface area contributed by atoms with Crippen LogP contribution in [0.5, 0.6) is 0 Å². The number of nitrogens with zero attached hydrogens (tertiary/aromatic N) is 2. The third-order valence-corrected chi connectivity index (χ3v) is 4.36. The molecule has 0 aliphatic carbocycles. The molecule has 1 aromatic carbocycles. The van der Waals surface area contributed by atoms with E-state index in [9.17, 15) is 15.5 Å². The molecule has 0 fully saturated rings. The highest BCUT2D eigenvalue weighted by molar-refractivity contribution is 5.70. The Hall–Kier alpha value is -2.48. The zero-order chi connectivity index (χ0) is 21.9. The highest BCUT2D eigenvalue weighted by Crippen LogP contribution is 2.16. The molecule has 0 bridgehead atoms. The second-order valence-corrected chi connectivity index (χ2v) is 7.21. The molecule has 7 nitrogen and oxygen atoms in total. The van der Waals surface area contributed by atoms with Gasteiger partial charge < -0.3 is 25.0 Å². The number of aliphatic hydroxyl groups excluding tert-OH is 1. The average Bonchev–Trinajstić information content (AvgIpc) is 2.73. The number of hydroxylamine groups is 2. The molecule has 0 spiro atoms. The fourth-order valence-electron chi connectivity index (χ4n) is 2.36. The summed E-state index contributed by atoms with van der Waals surface area (Å²) in [7, 11) is 0. The van der Waals surface area contributed by atoms with E-state index in [4.69, 9.17) is 9.47 Å². The zero-order valence-electron chi connectivity index (χ0n) is 17.4. The van der Waals surface area contributed by atoms with Gasteiger partial charge in [-0.2, -0.15) is 0 Å². The van der Waals surface area contributed by atoms with Crippen molar-refractivity contribution in [3.05, 3.63) is 71.6 Å². The smallest absolute Gasteiger partial charge is 0.189 e. The van der Waals surface area contributed by atoms with E-state index in [-0.39, 0.29) is 19.8 Å². The first-order valence-electron chi connectivity index (χ1n) is 9.49. The Labute approximate surface area is 173 Å². The molecule has 0 unspecified atom stereocenters. The lowest BCUT2D eigenvalue weighted by Crippen LogP contribution is -2.44. The lowest BCUT2D eigenvalue weighted by atomic mass is 10.1. The van der Waals surface area contributed by atoms with Crippen LogP contribution in [-0.4, -0.2) is 64.6 Å². The first-order valence-corrected chi connectivity index (χ1v) is 9.49. The zero-order valence-corrected chi connectivity index (χ0v) is 17.4. The predicted molar refractivity (Wildman–Crippen MR) is 115 cm³/mol. The molecular formula is C22H32N2O5. The normalized spacial score (nSPS) is 16.1. The Balaban J connectivity index is 3.24. The quantitative estimate of drug-likeness (QED) is 0.179. The molecule has 29 heavy (non-hydrogen) atoms. The van der Waals surface area contributed by atoms with Crippen molar-refractivity contribution in [1.82, 2.24) is 0 Å². The van der Waals surface area contributed by atoms with Gasteiger partial charge in [-0.3, -0.25) is 0 Å². The van der Waals surface area contributed by atoms with Gasteiger partial charge in [0.2, 0.25) is 0 Å². The molecule has 3 atom stereocenters. The SMILES string of the molecule is C=CCO[C@@H](/C=[N+](\[O-])[C@@H](C)c1ccccc1)[C@H](/C=[N+](\[O-])C(C)(C)CO)OCC=C. The summed E-state index contributed by atoms with van der Waals surface area (Å²) in [5.74, 6) is 0. The van der Waals surface area contributed by atoms with E-state index in [1.165, 1.54) is 12.4 Å². The van der Waals surface area contributed by atoms with Gasteiger partial charge in [-0.1, -0.05) is 42.5 Å². The van der Waals surface area contributed by atoms with Gasteiger partial charge in [0.05, 0.1) is 13.2 Å². The Morgan fingerprint density at radius 1 is 1.03 bits per heavy atom. The third-order valence-electron chi connectivity index (χ3n) is 4.36. The standard InChI is InChI=1S/C22H32N2O5/c1-6-13-28-20(15-23(26)18(3)19-11-9-8-10-12-19)21(29-14-7-2)16-24(27)22(4,5)17-25/h6-12,15-16,18,20-21,25H,1-2,13-14,17H2,3-5H3/b23-15-,24-16-/t18-,20-,21-/m0/s1. The molecule has 160 valence electrons. The molecule has 1 N–H and O–H groups in total. The second-order valence-electron chi connectivity index (χ2n) is 7.21. The van der Waals surface area contributed by atoms with Crippen LogP contribution in [0.1, 0.15) is 32.4 Å². The lowest BCUT2D eigenvalue weighted by molar-refractivity contribution is -0.542. The van der Waals surface area contributed by atoms with Crippen LogP contribution in [-0.2, 0) is 9.47 Å². The molecule has 0 aliphatic heterocycles. The second kappa shape index (κ2) is 12.2. The minimum absolute atomic E-state index is 0.156. The fraction of sp³-hybridized carbons (Fsp3) is 0.455. The van der Waals surface area contributed by atoms with E-state index in [0.717, 1.165) is 10.3 Å². The molecule has 0 saturated carbocycles. The largest absolute Gasteiger partial charge is 0.624 e. The lowest BCUT2D eigenvalue weighted by Gasteiger charge is -2.25. The summed E-state index contributed by atoms with van der Waals surface area (Å²) in [5, 5.41) is 34.7. The molecule has 1 rings (SSSR count). The van der Waals surface area contributed by atoms with Crippen molar-refractivity contribution in [3.8, 4) is 0 Å². The van der Waals surface area contributed by atoms with Crippen molar-refractivity contribution in [3.63, 3.8) is 0 Å². The topological polar surface area (TPSA) is 90.8 Å². The molecule has 0 saturated heterocycles. The molecule has 0 heterocycles. The molecule has 0 aromatic heterocycles. The molecule has 0 radical (unpaired) electrons. The van der Waals surface area contributed by atoms with Crippen LogP contribution >= 0.6 is 0 Å². The van der Waals surface area contributed by atoms with Crippen molar-refractivity contribution >= 4 is 12.4 Å². The maximum atomic E-state index is 12.8. The van der Waals surface area contributed by atoms with E-state index in [2.05, 4.69) is 13.2 Å². The maximum Gasteiger partial charge on any atom is 0.189 e. The Morgan fingerprint density at radius 2 is 1.55 bits per heavy atom. The van der Waals surface area contributed by atoms with Gasteiger partial charge in [0.15, 0.2) is 36.2 Å². The van der Waals surface area contributed by atoms with Crippen molar-refractivity contribution in [2.24, 2.45) is 0 Å². The van der Waals surface area contributed by atoms with E-state index in [0.29, 0.717) is 4.74 Å². The van der Waals surface area contributed by atoms with Crippen molar-refractivity contribution in [2.75, 3.05) is 19.8 Å². The van der Waals surface area contributed by atoms with Gasteiger partial charge in [-0.15, -0.1) is 13.2 Å². The number of ether oxygens (including phenoxy) is 2. The monoisotopic (exact) mass is 404 g/mol. The molecule has 1 aromatic rings. The summed E-state index contributed by atoms with van der Waals surface area (Å²) in [4.78, 5) is 0. The van der Waals surface area contributed by atoms with E-state index < -0.39 is 23.8 Å². The van der Waals surface area contributed by atoms with Crippen molar-refractivity contribution in [1.29, 1.82) is 0 Å². The first-order chi connectivity index (χ1) is 13.8. The number of aliphatic hydroxyl groups is 1. The van der Waals surface area contributed by atoms with Gasteiger partial charge in [0, 0.05) is 26.3 Å². The van der Waals surface area contributed by atoms with Gasteiger partial charge >= 0.3 is 0 Å². The van der Waals surface area contributed by atoms with Crippen LogP contribution in [0, 0.1) is 10.4 Å². The van der Waals surface area contributed by atoms with E-state index in [1.807, 2.05) is 30.3 Å². The maximum absolute atomic E-state index is 12.8. The first kappa shape index (κ1) is 24.6. The minimum atomic E-state index is -1.05. The van der Waals surface area contributed by atoms with Gasteiger partial charge in [0.25, 0.3) is 0 Å². The van der Waals surface area contributed by atoms with Gasteiger partial charge in [0.1, 0.15) is 6.61 Å². The van der Waals surface area contributed by atoms with Crippen LogP contribution in [0.4, 0.5) is 0 Å². The highest BCUT2D eigenvalue weighted by atomic mass is 16.5. The number of hydrogen-bond acceptors (Lipinski definition) is 5. The Morgan fingerprint density at radius 3 is 2.03 bits per heavy atom. The van der Waals surface area contributed by atoms with Crippen LogP contribution in [0.2, 0.25) is 0 Å². The Bertz CT molecular complexity index is 700. The third kappa shape index (κ3) is 7.81. The number of rotatable bonds is 13. The number of benzene rings is 1. The Kier molecular flexibility index (Phi) is 10.3. The summed E-state index contributed by atoms with van der Waals surface area (Å²) < 4.78 is 12.8. The van der Waals surface area contributed by atoms with Crippen LogP contribution < -0.4 is 0 Å². The van der Waals surface area contributed by atoms with Gasteiger partial charge in [-0.05, 0) is 0 Å². The summed E-state index contributed by atoms with van der Waals surface area (Å²) in [6, 6.07) is 8.88. The molecule has 0 amide bonds. The summed E-state index contributed by atoms with van der Waals surface area (Å²) >= 11 is 0.